The van der Waals surface area contributed by atoms with Gasteiger partial charge in [-0.05, 0) is 44.4 Å². The van der Waals surface area contributed by atoms with Crippen molar-refractivity contribution < 1.29 is 52.4 Å². The molecule has 0 bridgehead atoms. The molecule has 1 spiro atoms. The summed E-state index contributed by atoms with van der Waals surface area (Å²) >= 11 is 0. The normalized spacial score (nSPS) is 43.4. The van der Waals surface area contributed by atoms with E-state index in [9.17, 15) is 29.1 Å². The van der Waals surface area contributed by atoms with Crippen LogP contribution in [-0.4, -0.2) is 65.6 Å². The van der Waals surface area contributed by atoms with Gasteiger partial charge in [0.15, 0.2) is 17.0 Å². The fourth-order valence-electron chi connectivity index (χ4n) is 9.90. The predicted molar refractivity (Wildman–Crippen MR) is 155 cm³/mol. The quantitative estimate of drug-likeness (QED) is 0.210. The SMILES string of the molecule is CC[C@@H](C)C(=O)O[C@H]1[C@H](OC(C)=O)C2[C@@]3(C)C=CC(=O)[C@](C)(C(=O)OC)C3=C(O)C(=O)[C@@]2(C)[C@@]23O[C@@H]2C[C@@H](c2ccoc2)[C@]13C. The van der Waals surface area contributed by atoms with Crippen LogP contribution in [0.3, 0.4) is 0 Å². The lowest BCUT2D eigenvalue weighted by atomic mass is 9.38. The van der Waals surface area contributed by atoms with E-state index in [-0.39, 0.29) is 11.5 Å². The molecule has 11 nitrogen and oxygen atoms in total. The Kier molecular flexibility index (Phi) is 6.70. The van der Waals surface area contributed by atoms with Crippen molar-refractivity contribution in [3.05, 3.63) is 47.6 Å². The number of hydrogen-bond acceptors (Lipinski definition) is 11. The van der Waals surface area contributed by atoms with Crippen molar-refractivity contribution in [2.24, 2.45) is 33.5 Å². The molecule has 1 aromatic heterocycles. The summed E-state index contributed by atoms with van der Waals surface area (Å²) in [6.07, 6.45) is 4.00. The number of carbonyl (C=O) groups excluding carboxylic acids is 5. The fraction of sp³-hybridized carbons (Fsp3) is 0.618. The first-order chi connectivity index (χ1) is 21.0. The third-order valence-electron chi connectivity index (χ3n) is 12.1. The minimum absolute atomic E-state index is 0.146. The van der Waals surface area contributed by atoms with Gasteiger partial charge in [0.2, 0.25) is 5.78 Å². The van der Waals surface area contributed by atoms with Gasteiger partial charge < -0.3 is 28.5 Å². The fourth-order valence-corrected chi connectivity index (χ4v) is 9.90. The number of furan rings is 1. The number of epoxide rings is 1. The summed E-state index contributed by atoms with van der Waals surface area (Å²) in [6.45, 7) is 11.4. The smallest absolute Gasteiger partial charge is 0.323 e. The summed E-state index contributed by atoms with van der Waals surface area (Å²) in [5.74, 6) is -6.17. The number of fused-ring (bicyclic) bond motifs is 3. The van der Waals surface area contributed by atoms with Crippen LogP contribution in [-0.2, 0) is 42.9 Å². The maximum atomic E-state index is 14.9. The number of allylic oxidation sites excluding steroid dienone is 3. The van der Waals surface area contributed by atoms with Crippen molar-refractivity contribution in [2.75, 3.05) is 7.11 Å². The Balaban J connectivity index is 1.68. The first-order valence-corrected chi connectivity index (χ1v) is 15.4. The van der Waals surface area contributed by atoms with Gasteiger partial charge in [-0.15, -0.1) is 0 Å². The first-order valence-electron chi connectivity index (χ1n) is 15.4. The average molecular weight is 625 g/mol. The average Bonchev–Trinajstić information content (AvgIpc) is 3.35. The Bertz CT molecular complexity index is 1570. The summed E-state index contributed by atoms with van der Waals surface area (Å²) < 4.78 is 29.6. The van der Waals surface area contributed by atoms with Gasteiger partial charge in [-0.25, -0.2) is 0 Å². The number of esters is 3. The van der Waals surface area contributed by atoms with Crippen molar-refractivity contribution in [3.63, 3.8) is 0 Å². The molecular formula is C34H40O11. The molecule has 3 fully saturated rings. The van der Waals surface area contributed by atoms with E-state index in [1.807, 2.05) is 19.9 Å². The number of rotatable bonds is 6. The van der Waals surface area contributed by atoms with E-state index in [1.54, 1.807) is 39.4 Å². The van der Waals surface area contributed by atoms with Gasteiger partial charge in [0.05, 0.1) is 37.1 Å². The van der Waals surface area contributed by atoms with Crippen molar-refractivity contribution in [2.45, 2.75) is 91.1 Å². The van der Waals surface area contributed by atoms with Crippen LogP contribution in [0, 0.1) is 33.5 Å². The molecule has 0 radical (unpaired) electrons. The van der Waals surface area contributed by atoms with E-state index >= 15 is 0 Å². The van der Waals surface area contributed by atoms with Crippen LogP contribution in [0.2, 0.25) is 0 Å². The highest BCUT2D eigenvalue weighted by Crippen LogP contribution is 2.82. The standard InChI is InChI=1S/C34H40O11/c1-9-16(2)28(39)44-27-23(43-17(3)35)25-30(4)12-10-20(36)31(5,29(40)41-8)24(30)22(37)26(38)33(25,7)34-21(45-34)14-19(32(27,34)6)18-11-13-42-15-18/h10-13,15-16,19,21,23,25,27,37H,9,14H2,1-8H3/t16-,19+,21-,23-,25?,27+,30+,31+,32-,33+,34-/m1/s1. The Labute approximate surface area is 261 Å². The molecule has 0 aromatic carbocycles. The lowest BCUT2D eigenvalue weighted by molar-refractivity contribution is -0.249. The van der Waals surface area contributed by atoms with E-state index in [0.717, 1.165) is 12.7 Å². The largest absolute Gasteiger partial charge is 0.504 e. The zero-order chi connectivity index (χ0) is 33.1. The summed E-state index contributed by atoms with van der Waals surface area (Å²) in [6, 6.07) is 1.81. The molecule has 2 saturated carbocycles. The molecular weight excluding hydrogens is 584 g/mol. The van der Waals surface area contributed by atoms with Gasteiger partial charge in [-0.3, -0.25) is 24.0 Å². The molecule has 6 rings (SSSR count). The van der Waals surface area contributed by atoms with Gasteiger partial charge in [0, 0.05) is 35.2 Å². The van der Waals surface area contributed by atoms with Gasteiger partial charge in [-0.1, -0.05) is 33.8 Å². The van der Waals surface area contributed by atoms with E-state index in [1.165, 1.54) is 19.9 Å². The van der Waals surface area contributed by atoms with Crippen molar-refractivity contribution in [3.8, 4) is 0 Å². The second-order valence-corrected chi connectivity index (χ2v) is 14.0. The van der Waals surface area contributed by atoms with Crippen LogP contribution in [0.1, 0.15) is 72.8 Å². The van der Waals surface area contributed by atoms with E-state index in [0.29, 0.717) is 12.8 Å². The number of ketones is 2. The van der Waals surface area contributed by atoms with Crippen LogP contribution in [0.15, 0.2) is 46.5 Å². The molecule has 1 unspecified atom stereocenters. The summed E-state index contributed by atoms with van der Waals surface area (Å²) in [5, 5.41) is 11.9. The summed E-state index contributed by atoms with van der Waals surface area (Å²) in [5.41, 5.74) is -6.86. The lowest BCUT2D eigenvalue weighted by Crippen LogP contribution is -2.76. The first kappa shape index (κ1) is 31.3. The highest BCUT2D eigenvalue weighted by atomic mass is 16.6. The number of Topliss-reactive ketones (excluding diaryl/α,β-unsaturated/α-hetero) is 1. The van der Waals surface area contributed by atoms with Gasteiger partial charge in [0.1, 0.15) is 17.8 Å². The number of carbonyl (C=O) groups is 5. The molecule has 242 valence electrons. The minimum Gasteiger partial charge on any atom is -0.504 e. The van der Waals surface area contributed by atoms with Crippen LogP contribution in [0.25, 0.3) is 0 Å². The maximum Gasteiger partial charge on any atom is 0.323 e. The molecule has 1 aliphatic heterocycles. The molecule has 11 heteroatoms. The molecule has 5 aliphatic rings. The molecule has 1 N–H and O–H groups in total. The predicted octanol–water partition coefficient (Wildman–Crippen LogP) is 4.16. The number of ether oxygens (including phenoxy) is 4. The van der Waals surface area contributed by atoms with Gasteiger partial charge in [0.25, 0.3) is 0 Å². The van der Waals surface area contributed by atoms with Crippen molar-refractivity contribution in [1.29, 1.82) is 0 Å². The minimum atomic E-state index is -2.06. The second-order valence-electron chi connectivity index (χ2n) is 14.0. The molecule has 4 aliphatic carbocycles. The Morgan fingerprint density at radius 3 is 2.40 bits per heavy atom. The third-order valence-corrected chi connectivity index (χ3v) is 12.1. The highest BCUT2D eigenvalue weighted by molar-refractivity contribution is 6.15. The monoisotopic (exact) mass is 624 g/mol. The van der Waals surface area contributed by atoms with E-state index < -0.39 is 92.6 Å². The maximum absolute atomic E-state index is 14.9. The van der Waals surface area contributed by atoms with Gasteiger partial charge >= 0.3 is 17.9 Å². The van der Waals surface area contributed by atoms with Crippen molar-refractivity contribution in [1.82, 2.24) is 0 Å². The number of aliphatic hydroxyl groups is 1. The van der Waals surface area contributed by atoms with E-state index in [2.05, 4.69) is 0 Å². The molecule has 11 atom stereocenters. The van der Waals surface area contributed by atoms with Crippen LogP contribution < -0.4 is 0 Å². The van der Waals surface area contributed by atoms with Crippen LogP contribution in [0.5, 0.6) is 0 Å². The van der Waals surface area contributed by atoms with Crippen molar-refractivity contribution >= 4 is 29.5 Å². The van der Waals surface area contributed by atoms with Gasteiger partial charge in [-0.2, -0.15) is 0 Å². The molecule has 1 aromatic rings. The zero-order valence-corrected chi connectivity index (χ0v) is 26.8. The Hall–Kier alpha value is -3.73. The van der Waals surface area contributed by atoms with Crippen LogP contribution >= 0.6 is 0 Å². The number of aliphatic hydroxyl groups excluding tert-OH is 1. The third kappa shape index (κ3) is 3.48. The second kappa shape index (κ2) is 9.64. The molecule has 2 heterocycles. The number of hydrogen-bond donors (Lipinski definition) is 1. The Morgan fingerprint density at radius 2 is 1.82 bits per heavy atom. The summed E-state index contributed by atoms with van der Waals surface area (Å²) in [4.78, 5) is 68.2. The lowest BCUT2D eigenvalue weighted by Gasteiger charge is -2.65. The van der Waals surface area contributed by atoms with Crippen LogP contribution in [0.4, 0.5) is 0 Å². The topological polar surface area (TPSA) is 159 Å². The van der Waals surface area contributed by atoms with E-state index in [4.69, 9.17) is 23.4 Å². The molecule has 45 heavy (non-hydrogen) atoms. The molecule has 0 amide bonds. The zero-order valence-electron chi connectivity index (χ0n) is 26.8. The molecule has 1 saturated heterocycles. The number of methoxy groups -OCH3 is 1. The highest BCUT2D eigenvalue weighted by Gasteiger charge is 2.92. The summed E-state index contributed by atoms with van der Waals surface area (Å²) in [7, 11) is 1.12. The Morgan fingerprint density at radius 1 is 1.13 bits per heavy atom.